The van der Waals surface area contributed by atoms with E-state index in [1.54, 1.807) is 0 Å². The van der Waals surface area contributed by atoms with Crippen LogP contribution in [0.3, 0.4) is 0 Å². The fourth-order valence-electron chi connectivity index (χ4n) is 1.28. The molecule has 0 aliphatic rings. The Bertz CT molecular complexity index is 658. The second kappa shape index (κ2) is 8.77. The van der Waals surface area contributed by atoms with Crippen molar-refractivity contribution in [2.45, 2.75) is 19.8 Å². The molecule has 2 aromatic heterocycles. The van der Waals surface area contributed by atoms with E-state index in [4.69, 9.17) is 40.5 Å². The first-order valence-corrected chi connectivity index (χ1v) is 6.84. The van der Waals surface area contributed by atoms with Gasteiger partial charge in [0.25, 0.3) is 0 Å². The van der Waals surface area contributed by atoms with Crippen LogP contribution in [-0.2, 0) is 12.4 Å². The topological polar surface area (TPSA) is 51.8 Å². The third-order valence-electron chi connectivity index (χ3n) is 2.30. The third kappa shape index (κ3) is 7.13. The summed E-state index contributed by atoms with van der Waals surface area (Å²) in [6, 6.07) is 3.67. The highest BCUT2D eigenvalue weighted by Crippen LogP contribution is 2.34. The zero-order chi connectivity index (χ0) is 18.7. The smallest absolute Gasteiger partial charge is 0.384 e. The number of nitrogens with zero attached hydrogens (tertiary/aromatic N) is 2. The van der Waals surface area contributed by atoms with Gasteiger partial charge in [-0.25, -0.2) is 9.97 Å². The van der Waals surface area contributed by atoms with Gasteiger partial charge in [-0.1, -0.05) is 42.2 Å². The SMILES string of the molecule is C.FC(F)(F)c1ccc(Cl)nc1Cl.Nc1ccc(C(F)(F)F)c(Cl)n1. The quantitative estimate of drug-likeness (QED) is 0.391. The predicted molar refractivity (Wildman–Crippen MR) is 84.7 cm³/mol. The summed E-state index contributed by atoms with van der Waals surface area (Å²) in [5.41, 5.74) is 3.16. The van der Waals surface area contributed by atoms with Crippen molar-refractivity contribution in [1.29, 1.82) is 0 Å². The molecular weight excluding hydrogens is 419 g/mol. The Hall–Kier alpha value is -1.45. The summed E-state index contributed by atoms with van der Waals surface area (Å²) < 4.78 is 72.1. The maximum absolute atomic E-state index is 12.0. The average molecular weight is 429 g/mol. The van der Waals surface area contributed by atoms with E-state index in [0.717, 1.165) is 24.3 Å². The van der Waals surface area contributed by atoms with Gasteiger partial charge in [-0.3, -0.25) is 0 Å². The molecule has 0 saturated carbocycles. The lowest BCUT2D eigenvalue weighted by molar-refractivity contribution is -0.138. The van der Waals surface area contributed by atoms with Gasteiger partial charge >= 0.3 is 12.4 Å². The molecule has 2 heterocycles. The van der Waals surface area contributed by atoms with E-state index in [1.165, 1.54) is 0 Å². The van der Waals surface area contributed by atoms with Crippen LogP contribution in [0.2, 0.25) is 15.5 Å². The van der Waals surface area contributed by atoms with E-state index in [9.17, 15) is 26.3 Å². The first-order chi connectivity index (χ1) is 10.8. The maximum Gasteiger partial charge on any atom is 0.419 e. The maximum atomic E-state index is 12.0. The first-order valence-electron chi connectivity index (χ1n) is 5.71. The minimum Gasteiger partial charge on any atom is -0.384 e. The molecule has 0 aliphatic heterocycles. The summed E-state index contributed by atoms with van der Waals surface area (Å²) in [6.07, 6.45) is -8.95. The molecule has 0 bridgehead atoms. The van der Waals surface area contributed by atoms with E-state index in [2.05, 4.69) is 9.97 Å². The minimum atomic E-state index is -4.48. The summed E-state index contributed by atoms with van der Waals surface area (Å²) in [5, 5.41) is -1.31. The van der Waals surface area contributed by atoms with E-state index < -0.39 is 33.8 Å². The Morgan fingerprint density at radius 1 is 0.720 bits per heavy atom. The van der Waals surface area contributed by atoms with Gasteiger partial charge in [0, 0.05) is 0 Å². The Balaban J connectivity index is 0.000000443. The van der Waals surface area contributed by atoms with Crippen LogP contribution in [0.5, 0.6) is 0 Å². The number of nitrogens with two attached hydrogens (primary N) is 1. The molecule has 0 radical (unpaired) electrons. The number of nitrogen functional groups attached to an aromatic ring is 1. The van der Waals surface area contributed by atoms with Gasteiger partial charge in [-0.15, -0.1) is 0 Å². The molecule has 2 N–H and O–H groups in total. The van der Waals surface area contributed by atoms with Crippen LogP contribution in [0.1, 0.15) is 18.6 Å². The van der Waals surface area contributed by atoms with Crippen LogP contribution in [-0.4, -0.2) is 9.97 Å². The second-order valence-electron chi connectivity index (χ2n) is 4.04. The van der Waals surface area contributed by atoms with E-state index in [0.29, 0.717) is 0 Å². The molecule has 0 fully saturated rings. The van der Waals surface area contributed by atoms with Gasteiger partial charge < -0.3 is 5.73 Å². The van der Waals surface area contributed by atoms with E-state index in [1.807, 2.05) is 0 Å². The Kier molecular flexibility index (Phi) is 8.26. The molecule has 0 atom stereocenters. The number of anilines is 1. The summed E-state index contributed by atoms with van der Waals surface area (Å²) >= 11 is 15.7. The average Bonchev–Trinajstić information content (AvgIpc) is 2.35. The number of hydrogen-bond acceptors (Lipinski definition) is 3. The standard InChI is InChI=1S/C6H2Cl2F3N.C6H4ClF3N2.CH4/c7-4-2-1-3(5(8)12-4)6(9,10)11;7-5-3(6(8,9)10)1-2-4(11)12-5;/h1-2H;1-2H,(H2,11,12);1H4. The Labute approximate surface area is 153 Å². The van der Waals surface area contributed by atoms with Crippen LogP contribution in [0, 0.1) is 0 Å². The monoisotopic (exact) mass is 427 g/mol. The molecule has 3 nitrogen and oxygen atoms in total. The molecule has 0 amide bonds. The van der Waals surface area contributed by atoms with Gasteiger partial charge in [0.1, 0.15) is 21.3 Å². The normalized spacial score (nSPS) is 11.2. The van der Waals surface area contributed by atoms with Crippen LogP contribution in [0.25, 0.3) is 0 Å². The number of halogens is 9. The van der Waals surface area contributed by atoms with E-state index >= 15 is 0 Å². The van der Waals surface area contributed by atoms with Crippen molar-refractivity contribution in [1.82, 2.24) is 9.97 Å². The number of pyridine rings is 2. The second-order valence-corrected chi connectivity index (χ2v) is 5.15. The molecule has 0 unspecified atom stereocenters. The lowest BCUT2D eigenvalue weighted by atomic mass is 10.3. The van der Waals surface area contributed by atoms with Gasteiger partial charge in [0.2, 0.25) is 0 Å². The zero-order valence-electron chi connectivity index (χ0n) is 11.2. The van der Waals surface area contributed by atoms with Crippen LogP contribution in [0.15, 0.2) is 24.3 Å². The summed E-state index contributed by atoms with van der Waals surface area (Å²) in [6.45, 7) is 0. The van der Waals surface area contributed by atoms with Crippen LogP contribution in [0.4, 0.5) is 32.2 Å². The zero-order valence-corrected chi connectivity index (χ0v) is 13.5. The highest BCUT2D eigenvalue weighted by atomic mass is 35.5. The summed E-state index contributed by atoms with van der Waals surface area (Å²) in [7, 11) is 0. The lowest BCUT2D eigenvalue weighted by Crippen LogP contribution is -2.07. The molecule has 2 aromatic rings. The Morgan fingerprint density at radius 2 is 1.12 bits per heavy atom. The molecule has 0 aromatic carbocycles. The molecular formula is C13H10Cl3F6N3. The molecule has 140 valence electrons. The molecule has 2 rings (SSSR count). The summed E-state index contributed by atoms with van der Waals surface area (Å²) in [4.78, 5) is 6.51. The number of aromatic nitrogens is 2. The van der Waals surface area contributed by atoms with Crippen molar-refractivity contribution in [2.24, 2.45) is 0 Å². The largest absolute Gasteiger partial charge is 0.419 e. The van der Waals surface area contributed by atoms with Gasteiger partial charge in [-0.05, 0) is 24.3 Å². The molecule has 0 spiro atoms. The molecule has 0 aliphatic carbocycles. The summed E-state index contributed by atoms with van der Waals surface area (Å²) in [5.74, 6) is -0.0343. The molecule has 0 saturated heterocycles. The fourth-order valence-corrected chi connectivity index (χ4v) is 2.00. The first kappa shape index (κ1) is 23.5. The van der Waals surface area contributed by atoms with Crippen LogP contribution < -0.4 is 5.73 Å². The lowest BCUT2D eigenvalue weighted by Gasteiger charge is -2.07. The van der Waals surface area contributed by atoms with E-state index in [-0.39, 0.29) is 18.4 Å². The van der Waals surface area contributed by atoms with Crippen molar-refractivity contribution in [3.63, 3.8) is 0 Å². The van der Waals surface area contributed by atoms with Crippen molar-refractivity contribution in [2.75, 3.05) is 5.73 Å². The molecule has 12 heteroatoms. The van der Waals surface area contributed by atoms with Gasteiger partial charge in [-0.2, -0.15) is 26.3 Å². The fraction of sp³-hybridized carbons (Fsp3) is 0.231. The van der Waals surface area contributed by atoms with Crippen molar-refractivity contribution < 1.29 is 26.3 Å². The number of hydrogen-bond donors (Lipinski definition) is 1. The highest BCUT2D eigenvalue weighted by molar-refractivity contribution is 6.32. The van der Waals surface area contributed by atoms with Gasteiger partial charge in [0.15, 0.2) is 0 Å². The Morgan fingerprint density at radius 3 is 1.48 bits per heavy atom. The van der Waals surface area contributed by atoms with Crippen molar-refractivity contribution in [3.8, 4) is 0 Å². The molecule has 25 heavy (non-hydrogen) atoms. The number of alkyl halides is 6. The van der Waals surface area contributed by atoms with Crippen molar-refractivity contribution in [3.05, 3.63) is 50.9 Å². The third-order valence-corrected chi connectivity index (χ3v) is 3.08. The minimum absolute atomic E-state index is 0. The number of rotatable bonds is 0. The highest BCUT2D eigenvalue weighted by Gasteiger charge is 2.34. The van der Waals surface area contributed by atoms with Crippen LogP contribution >= 0.6 is 34.8 Å². The predicted octanol–water partition coefficient (Wildman–Crippen LogP) is 6.38. The van der Waals surface area contributed by atoms with Crippen molar-refractivity contribution >= 4 is 40.6 Å². The van der Waals surface area contributed by atoms with Gasteiger partial charge in [0.05, 0.1) is 11.1 Å².